The van der Waals surface area contributed by atoms with Crippen LogP contribution in [-0.2, 0) is 16.0 Å². The van der Waals surface area contributed by atoms with Gasteiger partial charge in [-0.2, -0.15) is 0 Å². The second-order valence-electron chi connectivity index (χ2n) is 6.02. The largest absolute Gasteiger partial charge is 0.297 e. The number of ketones is 2. The molecule has 0 saturated carbocycles. The lowest BCUT2D eigenvalue weighted by Gasteiger charge is -2.13. The molecule has 0 spiro atoms. The molecule has 0 bridgehead atoms. The molecule has 134 valence electrons. The van der Waals surface area contributed by atoms with Gasteiger partial charge in [0.25, 0.3) is 5.56 Å². The fourth-order valence-corrected chi connectivity index (χ4v) is 4.44. The Labute approximate surface area is 162 Å². The van der Waals surface area contributed by atoms with Gasteiger partial charge < -0.3 is 0 Å². The Hall–Kier alpha value is -2.12. The van der Waals surface area contributed by atoms with E-state index in [1.165, 1.54) is 31.5 Å². The van der Waals surface area contributed by atoms with Gasteiger partial charge in [0, 0.05) is 14.9 Å². The summed E-state index contributed by atoms with van der Waals surface area (Å²) in [6.07, 6.45) is 2.06. The molecule has 0 atom stereocenters. The first-order valence-electron chi connectivity index (χ1n) is 8.14. The van der Waals surface area contributed by atoms with Gasteiger partial charge in [0.15, 0.2) is 17.6 Å². The molecule has 0 aliphatic rings. The number of nitrogens with zero attached hydrogens (tertiary/aromatic N) is 2. The van der Waals surface area contributed by atoms with Crippen molar-refractivity contribution in [3.05, 3.63) is 50.3 Å². The van der Waals surface area contributed by atoms with Gasteiger partial charge in [0.05, 0.1) is 5.39 Å². The second kappa shape index (κ2) is 7.25. The zero-order valence-corrected chi connectivity index (χ0v) is 17.0. The molecule has 3 rings (SSSR count). The zero-order chi connectivity index (χ0) is 19.0. The van der Waals surface area contributed by atoms with Gasteiger partial charge in [-0.25, -0.2) is 4.98 Å². The number of Topliss-reactive ketones (excluding diaryl/α,β-unsaturated/α-hetero) is 2. The summed E-state index contributed by atoms with van der Waals surface area (Å²) in [5, 5.41) is 0.462. The van der Waals surface area contributed by atoms with Crippen molar-refractivity contribution in [3.8, 4) is 11.1 Å². The predicted octanol–water partition coefficient (Wildman–Crippen LogP) is 4.17. The SMILES string of the molecule is CCc1sc2ncn(C(C(C)=O)C(C)=O)c(=O)c2c1-c1ccc(Br)cc1. The van der Waals surface area contributed by atoms with Gasteiger partial charge in [0.2, 0.25) is 0 Å². The smallest absolute Gasteiger partial charge is 0.263 e. The van der Waals surface area contributed by atoms with Crippen molar-refractivity contribution in [2.45, 2.75) is 33.2 Å². The molecular weight excluding hydrogens is 416 g/mol. The number of aryl methyl sites for hydroxylation is 1. The van der Waals surface area contributed by atoms with Crippen LogP contribution in [0, 0.1) is 0 Å². The summed E-state index contributed by atoms with van der Waals surface area (Å²) in [7, 11) is 0. The van der Waals surface area contributed by atoms with Gasteiger partial charge >= 0.3 is 0 Å². The van der Waals surface area contributed by atoms with E-state index in [0.29, 0.717) is 10.2 Å². The van der Waals surface area contributed by atoms with E-state index >= 15 is 0 Å². The average Bonchev–Trinajstić information content (AvgIpc) is 2.97. The van der Waals surface area contributed by atoms with E-state index in [1.807, 2.05) is 31.2 Å². The highest BCUT2D eigenvalue weighted by Gasteiger charge is 2.26. The Morgan fingerprint density at radius 1 is 1.19 bits per heavy atom. The van der Waals surface area contributed by atoms with Gasteiger partial charge in [-0.1, -0.05) is 35.0 Å². The van der Waals surface area contributed by atoms with Gasteiger partial charge in [-0.05, 0) is 38.0 Å². The first-order chi connectivity index (χ1) is 12.3. The normalized spacial score (nSPS) is 11.3. The van der Waals surface area contributed by atoms with Crippen LogP contribution in [0.3, 0.4) is 0 Å². The van der Waals surface area contributed by atoms with Crippen molar-refractivity contribution in [2.75, 3.05) is 0 Å². The lowest BCUT2D eigenvalue weighted by atomic mass is 10.0. The molecule has 0 amide bonds. The standard InChI is InChI=1S/C19H17BrN2O3S/c1-4-14-15(12-5-7-13(20)8-6-12)16-18(26-14)21-9-22(19(16)25)17(10(2)23)11(3)24/h5-9,17H,4H2,1-3H3. The lowest BCUT2D eigenvalue weighted by Crippen LogP contribution is -2.33. The monoisotopic (exact) mass is 432 g/mol. The van der Waals surface area contributed by atoms with E-state index in [1.54, 1.807) is 0 Å². The molecule has 5 nitrogen and oxygen atoms in total. The first kappa shape index (κ1) is 18.7. The number of carbonyl (C=O) groups is 2. The Bertz CT molecular complexity index is 1050. The Morgan fingerprint density at radius 3 is 2.35 bits per heavy atom. The van der Waals surface area contributed by atoms with Crippen molar-refractivity contribution in [2.24, 2.45) is 0 Å². The highest BCUT2D eigenvalue weighted by atomic mass is 79.9. The van der Waals surface area contributed by atoms with Crippen LogP contribution in [0.15, 0.2) is 39.9 Å². The minimum Gasteiger partial charge on any atom is -0.297 e. The molecule has 0 saturated heterocycles. The van der Waals surface area contributed by atoms with Crippen LogP contribution in [0.4, 0.5) is 0 Å². The predicted molar refractivity (Wildman–Crippen MR) is 107 cm³/mol. The molecule has 0 fully saturated rings. The number of halogens is 1. The van der Waals surface area contributed by atoms with Gasteiger partial charge in [-0.3, -0.25) is 19.0 Å². The van der Waals surface area contributed by atoms with Crippen LogP contribution in [0.2, 0.25) is 0 Å². The third kappa shape index (κ3) is 3.17. The molecular formula is C19H17BrN2O3S. The number of hydrogen-bond donors (Lipinski definition) is 0. The number of hydrogen-bond acceptors (Lipinski definition) is 5. The number of rotatable bonds is 5. The highest BCUT2D eigenvalue weighted by molar-refractivity contribution is 9.10. The van der Waals surface area contributed by atoms with Gasteiger partial charge in [-0.15, -0.1) is 11.3 Å². The summed E-state index contributed by atoms with van der Waals surface area (Å²) in [6.45, 7) is 4.65. The first-order valence-corrected chi connectivity index (χ1v) is 9.75. The maximum Gasteiger partial charge on any atom is 0.263 e. The van der Waals surface area contributed by atoms with Crippen LogP contribution in [0.1, 0.15) is 31.7 Å². The number of fused-ring (bicyclic) bond motifs is 1. The van der Waals surface area contributed by atoms with Crippen LogP contribution in [0.25, 0.3) is 21.3 Å². The van der Waals surface area contributed by atoms with Crippen LogP contribution >= 0.6 is 27.3 Å². The molecule has 0 aliphatic heterocycles. The maximum absolute atomic E-state index is 13.2. The molecule has 3 aromatic rings. The summed E-state index contributed by atoms with van der Waals surface area (Å²) in [4.78, 5) is 43.1. The van der Waals surface area contributed by atoms with Crippen LogP contribution in [-0.4, -0.2) is 21.1 Å². The van der Waals surface area contributed by atoms with E-state index in [-0.39, 0.29) is 17.1 Å². The molecule has 1 aromatic carbocycles. The quantitative estimate of drug-likeness (QED) is 0.567. The molecule has 0 aliphatic carbocycles. The fourth-order valence-electron chi connectivity index (χ4n) is 3.08. The summed E-state index contributed by atoms with van der Waals surface area (Å²) in [5.74, 6) is -0.756. The summed E-state index contributed by atoms with van der Waals surface area (Å²) < 4.78 is 2.10. The highest BCUT2D eigenvalue weighted by Crippen LogP contribution is 2.37. The third-order valence-corrected chi connectivity index (χ3v) is 5.98. The van der Waals surface area contributed by atoms with Crippen molar-refractivity contribution in [1.29, 1.82) is 0 Å². The minimum absolute atomic E-state index is 0.362. The Kier molecular flexibility index (Phi) is 5.20. The molecule has 26 heavy (non-hydrogen) atoms. The summed E-state index contributed by atoms with van der Waals surface area (Å²) in [5.41, 5.74) is 1.38. The van der Waals surface area contributed by atoms with Crippen molar-refractivity contribution in [3.63, 3.8) is 0 Å². The van der Waals surface area contributed by atoms with E-state index < -0.39 is 6.04 Å². The van der Waals surface area contributed by atoms with Crippen molar-refractivity contribution >= 4 is 49.0 Å². The molecule has 2 heterocycles. The number of aromatic nitrogens is 2. The second-order valence-corrected chi connectivity index (χ2v) is 8.02. The van der Waals surface area contributed by atoms with E-state index in [2.05, 4.69) is 20.9 Å². The van der Waals surface area contributed by atoms with E-state index in [0.717, 1.165) is 31.5 Å². The number of benzene rings is 1. The Morgan fingerprint density at radius 2 is 1.81 bits per heavy atom. The minimum atomic E-state index is -1.14. The third-order valence-electron chi connectivity index (χ3n) is 4.21. The van der Waals surface area contributed by atoms with Crippen molar-refractivity contribution < 1.29 is 9.59 Å². The van der Waals surface area contributed by atoms with Crippen LogP contribution in [0.5, 0.6) is 0 Å². The number of thiophene rings is 1. The molecule has 0 radical (unpaired) electrons. The van der Waals surface area contributed by atoms with E-state index in [4.69, 9.17) is 0 Å². The summed E-state index contributed by atoms with van der Waals surface area (Å²) >= 11 is 4.89. The summed E-state index contributed by atoms with van der Waals surface area (Å²) in [6, 6.07) is 6.58. The van der Waals surface area contributed by atoms with Crippen LogP contribution < -0.4 is 5.56 Å². The number of carbonyl (C=O) groups excluding carboxylic acids is 2. The molecule has 0 unspecified atom stereocenters. The molecule has 2 aromatic heterocycles. The topological polar surface area (TPSA) is 69.0 Å². The lowest BCUT2D eigenvalue weighted by molar-refractivity contribution is -0.129. The Balaban J connectivity index is 2.36. The van der Waals surface area contributed by atoms with Crippen molar-refractivity contribution in [1.82, 2.24) is 9.55 Å². The molecule has 0 N–H and O–H groups in total. The van der Waals surface area contributed by atoms with E-state index in [9.17, 15) is 14.4 Å². The average molecular weight is 433 g/mol. The zero-order valence-electron chi connectivity index (χ0n) is 14.6. The van der Waals surface area contributed by atoms with Gasteiger partial charge in [0.1, 0.15) is 11.2 Å². The fraction of sp³-hybridized carbons (Fsp3) is 0.263. The molecule has 7 heteroatoms. The maximum atomic E-state index is 13.2.